The molecule has 3 rings (SSSR count). The molecule has 96 valence electrons. The Morgan fingerprint density at radius 3 is 2.95 bits per heavy atom. The van der Waals surface area contributed by atoms with Gasteiger partial charge in [0.15, 0.2) is 0 Å². The van der Waals surface area contributed by atoms with Crippen molar-refractivity contribution in [1.82, 2.24) is 19.5 Å². The van der Waals surface area contributed by atoms with E-state index >= 15 is 0 Å². The van der Waals surface area contributed by atoms with Crippen LogP contribution < -0.4 is 5.32 Å². The Balaban J connectivity index is 1.93. The largest absolute Gasteiger partial charge is 0.362 e. The van der Waals surface area contributed by atoms with Crippen molar-refractivity contribution in [2.75, 3.05) is 5.32 Å². The van der Waals surface area contributed by atoms with Crippen molar-refractivity contribution >= 4 is 16.7 Å². The average molecular weight is 257 g/mol. The van der Waals surface area contributed by atoms with Gasteiger partial charge < -0.3 is 9.88 Å². The van der Waals surface area contributed by atoms with Crippen LogP contribution in [-0.2, 0) is 13.6 Å². The zero-order valence-electron chi connectivity index (χ0n) is 10.3. The normalized spacial score (nSPS) is 10.8. The molecule has 1 N–H and O–H groups in total. The maximum absolute atomic E-state index is 13.6. The van der Waals surface area contributed by atoms with Gasteiger partial charge in [-0.3, -0.25) is 0 Å². The Morgan fingerprint density at radius 2 is 2.16 bits per heavy atom. The van der Waals surface area contributed by atoms with Crippen LogP contribution in [0.2, 0.25) is 0 Å². The topological polar surface area (TPSA) is 55.6 Å². The molecule has 0 aliphatic carbocycles. The van der Waals surface area contributed by atoms with E-state index in [1.807, 2.05) is 17.8 Å². The number of hydrogen-bond acceptors (Lipinski definition) is 4. The summed E-state index contributed by atoms with van der Waals surface area (Å²) in [4.78, 5) is 12.3. The first kappa shape index (κ1) is 11.6. The molecule has 0 unspecified atom stereocenters. The predicted octanol–water partition coefficient (Wildman–Crippen LogP) is 2.11. The fourth-order valence-electron chi connectivity index (χ4n) is 1.92. The van der Waals surface area contributed by atoms with E-state index in [9.17, 15) is 4.39 Å². The smallest absolute Gasteiger partial charge is 0.149 e. The van der Waals surface area contributed by atoms with Crippen LogP contribution in [0.15, 0.2) is 36.9 Å². The molecule has 19 heavy (non-hydrogen) atoms. The highest BCUT2D eigenvalue weighted by molar-refractivity contribution is 5.89. The van der Waals surface area contributed by atoms with Gasteiger partial charge >= 0.3 is 0 Å². The maximum atomic E-state index is 13.6. The number of benzene rings is 1. The second-order valence-corrected chi connectivity index (χ2v) is 4.17. The van der Waals surface area contributed by atoms with Gasteiger partial charge in [-0.05, 0) is 12.1 Å². The van der Waals surface area contributed by atoms with Crippen LogP contribution in [0.3, 0.4) is 0 Å². The fourth-order valence-corrected chi connectivity index (χ4v) is 1.92. The van der Waals surface area contributed by atoms with Crippen LogP contribution in [0.4, 0.5) is 10.2 Å². The molecule has 0 bridgehead atoms. The minimum atomic E-state index is -0.347. The highest BCUT2D eigenvalue weighted by Gasteiger charge is 2.07. The van der Waals surface area contributed by atoms with Gasteiger partial charge in [-0.1, -0.05) is 6.07 Å². The summed E-state index contributed by atoms with van der Waals surface area (Å²) in [6, 6.07) is 4.82. The quantitative estimate of drug-likeness (QED) is 0.780. The number of nitrogens with one attached hydrogen (secondary N) is 1. The van der Waals surface area contributed by atoms with Gasteiger partial charge in [0, 0.05) is 24.8 Å². The van der Waals surface area contributed by atoms with E-state index in [-0.39, 0.29) is 5.82 Å². The Kier molecular flexibility index (Phi) is 2.83. The van der Waals surface area contributed by atoms with Crippen molar-refractivity contribution < 1.29 is 4.39 Å². The SMILES string of the molecule is Cn1ccnc1CNc1ncnc2c(F)cccc12. The molecule has 3 aromatic rings. The van der Waals surface area contributed by atoms with Gasteiger partial charge in [0.2, 0.25) is 0 Å². The number of anilines is 1. The minimum absolute atomic E-state index is 0.319. The third kappa shape index (κ3) is 2.12. The molecular formula is C13H12FN5. The van der Waals surface area contributed by atoms with E-state index in [1.165, 1.54) is 12.4 Å². The number of aromatic nitrogens is 4. The Morgan fingerprint density at radius 1 is 1.26 bits per heavy atom. The number of para-hydroxylation sites is 1. The number of rotatable bonds is 3. The van der Waals surface area contributed by atoms with Crippen LogP contribution in [0.25, 0.3) is 10.9 Å². The zero-order chi connectivity index (χ0) is 13.2. The molecule has 0 aliphatic heterocycles. The summed E-state index contributed by atoms with van der Waals surface area (Å²) in [5.74, 6) is 1.13. The highest BCUT2D eigenvalue weighted by Crippen LogP contribution is 2.21. The molecule has 2 aromatic heterocycles. The summed E-state index contributed by atoms with van der Waals surface area (Å²) in [7, 11) is 1.92. The Hall–Kier alpha value is -2.50. The first-order chi connectivity index (χ1) is 9.25. The first-order valence-corrected chi connectivity index (χ1v) is 5.85. The van der Waals surface area contributed by atoms with Crippen LogP contribution in [0.5, 0.6) is 0 Å². The molecule has 0 aliphatic rings. The van der Waals surface area contributed by atoms with Gasteiger partial charge in [0.1, 0.15) is 29.3 Å². The summed E-state index contributed by atoms with van der Waals surface area (Å²) in [5.41, 5.74) is 0.319. The van der Waals surface area contributed by atoms with E-state index in [0.29, 0.717) is 23.3 Å². The molecule has 0 fully saturated rings. The van der Waals surface area contributed by atoms with Crippen LogP contribution in [0.1, 0.15) is 5.82 Å². The number of fused-ring (bicyclic) bond motifs is 1. The van der Waals surface area contributed by atoms with Crippen LogP contribution in [0, 0.1) is 5.82 Å². The number of nitrogens with zero attached hydrogens (tertiary/aromatic N) is 4. The molecule has 2 heterocycles. The van der Waals surface area contributed by atoms with E-state index in [2.05, 4.69) is 20.3 Å². The summed E-state index contributed by atoms with van der Waals surface area (Å²) < 4.78 is 15.5. The third-order valence-electron chi connectivity index (χ3n) is 2.95. The third-order valence-corrected chi connectivity index (χ3v) is 2.95. The fraction of sp³-hybridized carbons (Fsp3) is 0.154. The van der Waals surface area contributed by atoms with E-state index < -0.39 is 0 Å². The van der Waals surface area contributed by atoms with Gasteiger partial charge in [-0.25, -0.2) is 19.3 Å². The summed E-state index contributed by atoms with van der Waals surface area (Å²) in [6.45, 7) is 0.520. The monoisotopic (exact) mass is 257 g/mol. The lowest BCUT2D eigenvalue weighted by molar-refractivity contribution is 0.636. The van der Waals surface area contributed by atoms with Crippen molar-refractivity contribution in [3.8, 4) is 0 Å². The summed E-state index contributed by atoms with van der Waals surface area (Å²) in [6.07, 6.45) is 4.95. The van der Waals surface area contributed by atoms with Crippen molar-refractivity contribution in [2.45, 2.75) is 6.54 Å². The number of halogens is 1. The van der Waals surface area contributed by atoms with E-state index in [4.69, 9.17) is 0 Å². The van der Waals surface area contributed by atoms with Crippen LogP contribution in [-0.4, -0.2) is 19.5 Å². The van der Waals surface area contributed by atoms with Crippen LogP contribution >= 0.6 is 0 Å². The molecule has 0 atom stereocenters. The Labute approximate surface area is 109 Å². The van der Waals surface area contributed by atoms with Gasteiger partial charge in [-0.2, -0.15) is 0 Å². The molecule has 5 nitrogen and oxygen atoms in total. The standard InChI is InChI=1S/C13H12FN5/c1-19-6-5-15-11(19)7-16-13-9-3-2-4-10(14)12(9)17-8-18-13/h2-6,8H,7H2,1H3,(H,16,17,18). The lowest BCUT2D eigenvalue weighted by atomic mass is 10.2. The molecule has 1 aromatic carbocycles. The lowest BCUT2D eigenvalue weighted by Crippen LogP contribution is -2.07. The second-order valence-electron chi connectivity index (χ2n) is 4.17. The summed E-state index contributed by atoms with van der Waals surface area (Å²) >= 11 is 0. The molecule has 0 spiro atoms. The molecule has 0 amide bonds. The maximum Gasteiger partial charge on any atom is 0.149 e. The highest BCUT2D eigenvalue weighted by atomic mass is 19.1. The average Bonchev–Trinajstić information content (AvgIpc) is 2.82. The van der Waals surface area contributed by atoms with Crippen molar-refractivity contribution in [3.05, 3.63) is 48.6 Å². The van der Waals surface area contributed by atoms with Crippen molar-refractivity contribution in [2.24, 2.45) is 7.05 Å². The van der Waals surface area contributed by atoms with Gasteiger partial charge in [0.25, 0.3) is 0 Å². The minimum Gasteiger partial charge on any atom is -0.362 e. The lowest BCUT2D eigenvalue weighted by Gasteiger charge is -2.08. The van der Waals surface area contributed by atoms with E-state index in [1.54, 1.807) is 18.3 Å². The first-order valence-electron chi connectivity index (χ1n) is 5.85. The Bertz CT molecular complexity index is 722. The number of aryl methyl sites for hydroxylation is 1. The molecular weight excluding hydrogens is 245 g/mol. The number of imidazole rings is 1. The second kappa shape index (κ2) is 4.64. The molecule has 0 radical (unpaired) electrons. The molecule has 0 saturated heterocycles. The van der Waals surface area contributed by atoms with Crippen molar-refractivity contribution in [1.29, 1.82) is 0 Å². The molecule has 6 heteroatoms. The van der Waals surface area contributed by atoms with Gasteiger partial charge in [-0.15, -0.1) is 0 Å². The van der Waals surface area contributed by atoms with Gasteiger partial charge in [0.05, 0.1) is 6.54 Å². The molecule has 0 saturated carbocycles. The summed E-state index contributed by atoms with van der Waals surface area (Å²) in [5, 5.41) is 3.82. The van der Waals surface area contributed by atoms with Crippen molar-refractivity contribution in [3.63, 3.8) is 0 Å². The zero-order valence-corrected chi connectivity index (χ0v) is 10.3. The predicted molar refractivity (Wildman–Crippen MR) is 70.0 cm³/mol. The van der Waals surface area contributed by atoms with E-state index in [0.717, 1.165) is 5.82 Å². The number of hydrogen-bond donors (Lipinski definition) is 1.